The van der Waals surface area contributed by atoms with Gasteiger partial charge in [0.2, 0.25) is 6.79 Å². The quantitative estimate of drug-likeness (QED) is 0.614. The number of nitrogens with zero attached hydrogens (tertiary/aromatic N) is 2. The number of amides is 1. The Labute approximate surface area is 192 Å². The van der Waals surface area contributed by atoms with Crippen LogP contribution in [-0.4, -0.2) is 43.8 Å². The number of anilines is 2. The number of carbonyl (C=O) groups is 1. The summed E-state index contributed by atoms with van der Waals surface area (Å²) in [5.74, 6) is 0.730. The Balaban J connectivity index is 1.17. The third-order valence-electron chi connectivity index (χ3n) is 5.80. The van der Waals surface area contributed by atoms with Gasteiger partial charge in [0.25, 0.3) is 5.91 Å². The van der Waals surface area contributed by atoms with Crippen LogP contribution < -0.4 is 19.7 Å². The topological polar surface area (TPSA) is 54.0 Å². The van der Waals surface area contributed by atoms with Crippen molar-refractivity contribution in [2.45, 2.75) is 6.54 Å². The second kappa shape index (κ2) is 9.10. The van der Waals surface area contributed by atoms with Crippen molar-refractivity contribution >= 4 is 28.9 Å². The molecule has 6 nitrogen and oxygen atoms in total. The molecule has 3 aromatic carbocycles. The summed E-state index contributed by atoms with van der Waals surface area (Å²) in [6, 6.07) is 21.8. The molecule has 1 saturated heterocycles. The smallest absolute Gasteiger partial charge is 0.255 e. The van der Waals surface area contributed by atoms with Crippen molar-refractivity contribution in [3.8, 4) is 11.5 Å². The van der Waals surface area contributed by atoms with Gasteiger partial charge in [-0.05, 0) is 42.0 Å². The van der Waals surface area contributed by atoms with Gasteiger partial charge in [-0.25, -0.2) is 0 Å². The fraction of sp³-hybridized carbons (Fsp3) is 0.240. The first-order valence-electron chi connectivity index (χ1n) is 10.7. The molecule has 32 heavy (non-hydrogen) atoms. The number of carbonyl (C=O) groups excluding carboxylic acids is 1. The molecule has 0 unspecified atom stereocenters. The molecular weight excluding hydrogens is 426 g/mol. The van der Waals surface area contributed by atoms with E-state index in [9.17, 15) is 4.79 Å². The molecule has 2 aliphatic heterocycles. The van der Waals surface area contributed by atoms with Gasteiger partial charge in [0, 0.05) is 49.7 Å². The van der Waals surface area contributed by atoms with E-state index in [0.29, 0.717) is 22.1 Å². The van der Waals surface area contributed by atoms with E-state index in [2.05, 4.69) is 57.6 Å². The first kappa shape index (κ1) is 20.7. The van der Waals surface area contributed by atoms with Crippen molar-refractivity contribution in [3.63, 3.8) is 0 Å². The Morgan fingerprint density at radius 1 is 0.938 bits per heavy atom. The molecule has 2 heterocycles. The molecule has 2 aliphatic rings. The zero-order valence-electron chi connectivity index (χ0n) is 17.6. The normalized spacial score (nSPS) is 15.6. The Morgan fingerprint density at radius 2 is 1.69 bits per heavy atom. The van der Waals surface area contributed by atoms with Gasteiger partial charge in [0.15, 0.2) is 11.5 Å². The highest BCUT2D eigenvalue weighted by atomic mass is 35.5. The van der Waals surface area contributed by atoms with Gasteiger partial charge in [-0.2, -0.15) is 0 Å². The molecule has 0 radical (unpaired) electrons. The number of nitrogens with one attached hydrogen (secondary N) is 1. The summed E-state index contributed by atoms with van der Waals surface area (Å²) in [7, 11) is 0. The summed E-state index contributed by atoms with van der Waals surface area (Å²) in [5, 5.41) is 3.29. The Hall–Kier alpha value is -3.22. The molecule has 0 bridgehead atoms. The Morgan fingerprint density at radius 3 is 2.44 bits per heavy atom. The van der Waals surface area contributed by atoms with Gasteiger partial charge in [-0.1, -0.05) is 41.9 Å². The summed E-state index contributed by atoms with van der Waals surface area (Å²) in [6.07, 6.45) is 0. The molecule has 7 heteroatoms. The van der Waals surface area contributed by atoms with Crippen molar-refractivity contribution in [1.29, 1.82) is 0 Å². The summed E-state index contributed by atoms with van der Waals surface area (Å²) in [5.41, 5.74) is 3.67. The molecule has 164 valence electrons. The average molecular weight is 450 g/mol. The maximum absolute atomic E-state index is 12.7. The SMILES string of the molecule is O=C(Nc1ccc(N2CCN(Cc3ccccc3)CC2)cc1)c1cc(Cl)c2c(c1)OCO2. The zero-order valence-corrected chi connectivity index (χ0v) is 18.3. The summed E-state index contributed by atoms with van der Waals surface area (Å²) in [4.78, 5) is 17.5. The van der Waals surface area contributed by atoms with E-state index < -0.39 is 0 Å². The van der Waals surface area contributed by atoms with Crippen LogP contribution in [0.3, 0.4) is 0 Å². The second-order valence-corrected chi connectivity index (χ2v) is 8.35. The Bertz CT molecular complexity index is 1100. The van der Waals surface area contributed by atoms with E-state index in [1.54, 1.807) is 12.1 Å². The number of rotatable bonds is 5. The number of fused-ring (bicyclic) bond motifs is 1. The minimum atomic E-state index is -0.243. The minimum Gasteiger partial charge on any atom is -0.454 e. The summed E-state index contributed by atoms with van der Waals surface area (Å²) >= 11 is 6.19. The molecule has 1 amide bonds. The number of hydrogen-bond donors (Lipinski definition) is 1. The molecule has 0 atom stereocenters. The monoisotopic (exact) mass is 449 g/mol. The van der Waals surface area contributed by atoms with Crippen molar-refractivity contribution < 1.29 is 14.3 Å². The molecule has 0 aromatic heterocycles. The predicted octanol–water partition coefficient (Wildman–Crippen LogP) is 4.64. The van der Waals surface area contributed by atoms with Gasteiger partial charge in [-0.3, -0.25) is 9.69 Å². The number of benzene rings is 3. The highest BCUT2D eigenvalue weighted by Crippen LogP contribution is 2.39. The van der Waals surface area contributed by atoms with E-state index in [0.717, 1.165) is 44.1 Å². The van der Waals surface area contributed by atoms with E-state index >= 15 is 0 Å². The van der Waals surface area contributed by atoms with Gasteiger partial charge >= 0.3 is 0 Å². The fourth-order valence-electron chi connectivity index (χ4n) is 4.06. The first-order valence-corrected chi connectivity index (χ1v) is 11.1. The van der Waals surface area contributed by atoms with Crippen molar-refractivity contribution in [2.24, 2.45) is 0 Å². The van der Waals surface area contributed by atoms with Gasteiger partial charge < -0.3 is 19.7 Å². The zero-order chi connectivity index (χ0) is 21.9. The number of hydrogen-bond acceptors (Lipinski definition) is 5. The van der Waals surface area contributed by atoms with Crippen LogP contribution in [0.15, 0.2) is 66.7 Å². The molecular formula is C25H24ClN3O3. The van der Waals surface area contributed by atoms with Gasteiger partial charge in [0.1, 0.15) is 0 Å². The van der Waals surface area contributed by atoms with Crippen molar-refractivity contribution in [3.05, 3.63) is 82.9 Å². The van der Waals surface area contributed by atoms with E-state index in [4.69, 9.17) is 21.1 Å². The molecule has 1 N–H and O–H groups in total. The minimum absolute atomic E-state index is 0.113. The molecule has 1 fully saturated rings. The van der Waals surface area contributed by atoms with Crippen LogP contribution in [0, 0.1) is 0 Å². The van der Waals surface area contributed by atoms with Crippen LogP contribution in [-0.2, 0) is 6.54 Å². The lowest BCUT2D eigenvalue weighted by molar-refractivity contribution is 0.102. The van der Waals surface area contributed by atoms with Crippen LogP contribution >= 0.6 is 11.6 Å². The summed E-state index contributed by atoms with van der Waals surface area (Å²) in [6.45, 7) is 5.12. The van der Waals surface area contributed by atoms with E-state index in [1.807, 2.05) is 12.1 Å². The molecule has 0 saturated carbocycles. The molecule has 3 aromatic rings. The molecule has 5 rings (SSSR count). The van der Waals surface area contributed by atoms with Crippen LogP contribution in [0.1, 0.15) is 15.9 Å². The standard InChI is InChI=1S/C25H24ClN3O3/c26-22-14-19(15-23-24(22)32-17-31-23)25(30)27-20-6-8-21(9-7-20)29-12-10-28(11-13-29)16-18-4-2-1-3-5-18/h1-9,14-15H,10-13,16-17H2,(H,27,30). The van der Waals surface area contributed by atoms with Crippen LogP contribution in [0.5, 0.6) is 11.5 Å². The van der Waals surface area contributed by atoms with Crippen LogP contribution in [0.25, 0.3) is 0 Å². The summed E-state index contributed by atoms with van der Waals surface area (Å²) < 4.78 is 10.6. The van der Waals surface area contributed by atoms with Crippen LogP contribution in [0.4, 0.5) is 11.4 Å². The second-order valence-electron chi connectivity index (χ2n) is 7.94. The maximum Gasteiger partial charge on any atom is 0.255 e. The highest BCUT2D eigenvalue weighted by Gasteiger charge is 2.21. The van der Waals surface area contributed by atoms with Crippen molar-refractivity contribution in [1.82, 2.24) is 4.90 Å². The number of piperazine rings is 1. The fourth-order valence-corrected chi connectivity index (χ4v) is 4.33. The van der Waals surface area contributed by atoms with Crippen molar-refractivity contribution in [2.75, 3.05) is 43.2 Å². The first-order chi connectivity index (χ1) is 15.7. The molecule has 0 spiro atoms. The lowest BCUT2D eigenvalue weighted by Crippen LogP contribution is -2.45. The largest absolute Gasteiger partial charge is 0.454 e. The molecule has 0 aliphatic carbocycles. The van der Waals surface area contributed by atoms with E-state index in [1.165, 1.54) is 5.56 Å². The lowest BCUT2D eigenvalue weighted by atomic mass is 10.1. The van der Waals surface area contributed by atoms with Gasteiger partial charge in [0.05, 0.1) is 5.02 Å². The number of halogens is 1. The predicted molar refractivity (Wildman–Crippen MR) is 126 cm³/mol. The maximum atomic E-state index is 12.7. The number of ether oxygens (including phenoxy) is 2. The van der Waals surface area contributed by atoms with E-state index in [-0.39, 0.29) is 12.7 Å². The lowest BCUT2D eigenvalue weighted by Gasteiger charge is -2.36. The van der Waals surface area contributed by atoms with Crippen LogP contribution in [0.2, 0.25) is 5.02 Å². The van der Waals surface area contributed by atoms with Gasteiger partial charge in [-0.15, -0.1) is 0 Å². The third kappa shape index (κ3) is 4.52. The Kier molecular flexibility index (Phi) is 5.88. The third-order valence-corrected chi connectivity index (χ3v) is 6.08. The highest BCUT2D eigenvalue weighted by molar-refractivity contribution is 6.32. The average Bonchev–Trinajstić information content (AvgIpc) is 3.30.